The molecule has 0 radical (unpaired) electrons. The summed E-state index contributed by atoms with van der Waals surface area (Å²) < 4.78 is 34.6. The van der Waals surface area contributed by atoms with Gasteiger partial charge < -0.3 is 4.74 Å². The van der Waals surface area contributed by atoms with Gasteiger partial charge in [-0.25, -0.2) is 13.4 Å². The number of piperidine rings is 1. The fourth-order valence-corrected chi connectivity index (χ4v) is 7.72. The highest BCUT2D eigenvalue weighted by atomic mass is 35.5. The summed E-state index contributed by atoms with van der Waals surface area (Å²) in [5.41, 5.74) is 1.07. The highest BCUT2D eigenvalue weighted by molar-refractivity contribution is 7.89. The minimum absolute atomic E-state index is 0.0252. The van der Waals surface area contributed by atoms with E-state index in [-0.39, 0.29) is 22.9 Å². The van der Waals surface area contributed by atoms with Crippen molar-refractivity contribution < 1.29 is 17.9 Å². The zero-order valence-electron chi connectivity index (χ0n) is 19.5. The van der Waals surface area contributed by atoms with Crippen LogP contribution in [0.1, 0.15) is 49.4 Å². The van der Waals surface area contributed by atoms with Gasteiger partial charge in [-0.2, -0.15) is 4.31 Å². The first-order valence-corrected chi connectivity index (χ1v) is 14.6. The molecule has 0 spiro atoms. The second-order valence-corrected chi connectivity index (χ2v) is 12.4. The number of fused-ring (bicyclic) bond motifs is 1. The molecule has 2 fully saturated rings. The van der Waals surface area contributed by atoms with Crippen LogP contribution in [0.3, 0.4) is 0 Å². The Balaban J connectivity index is 1.44. The summed E-state index contributed by atoms with van der Waals surface area (Å²) in [6.07, 6.45) is 4.53. The van der Waals surface area contributed by atoms with Crippen molar-refractivity contribution in [3.63, 3.8) is 0 Å². The van der Waals surface area contributed by atoms with Gasteiger partial charge >= 0.3 is 0 Å². The summed E-state index contributed by atoms with van der Waals surface area (Å²) in [4.78, 5) is 20.2. The number of halogens is 1. The Kier molecular flexibility index (Phi) is 7.14. The molecule has 5 rings (SSSR count). The number of thiazole rings is 1. The Labute approximate surface area is 214 Å². The van der Waals surface area contributed by atoms with Crippen LogP contribution in [0.2, 0.25) is 5.02 Å². The van der Waals surface area contributed by atoms with Crippen molar-refractivity contribution in [1.82, 2.24) is 9.29 Å². The van der Waals surface area contributed by atoms with Crippen molar-refractivity contribution in [2.24, 2.45) is 0 Å². The normalized spacial score (nSPS) is 21.4. The molecule has 186 valence electrons. The molecule has 2 unspecified atom stereocenters. The van der Waals surface area contributed by atoms with Gasteiger partial charge in [-0.05, 0) is 69.0 Å². The quantitative estimate of drug-likeness (QED) is 0.427. The fourth-order valence-electron chi connectivity index (χ4n) is 4.75. The first-order chi connectivity index (χ1) is 16.8. The molecule has 2 atom stereocenters. The minimum Gasteiger partial charge on any atom is -0.376 e. The van der Waals surface area contributed by atoms with Crippen molar-refractivity contribution in [1.29, 1.82) is 0 Å². The van der Waals surface area contributed by atoms with Gasteiger partial charge in [0.1, 0.15) is 5.52 Å². The Morgan fingerprint density at radius 2 is 1.97 bits per heavy atom. The SMILES string of the molecule is CC1CCCCN1S(=O)(=O)c1ccc(C(=O)N(CC2CCCO2)c2nc3c(Cl)cccc3s2)cc1. The molecule has 35 heavy (non-hydrogen) atoms. The molecule has 2 aliphatic heterocycles. The Morgan fingerprint density at radius 1 is 1.17 bits per heavy atom. The third kappa shape index (κ3) is 4.97. The van der Waals surface area contributed by atoms with E-state index < -0.39 is 10.0 Å². The van der Waals surface area contributed by atoms with Crippen molar-refractivity contribution in [2.75, 3.05) is 24.6 Å². The van der Waals surface area contributed by atoms with E-state index in [9.17, 15) is 13.2 Å². The predicted molar refractivity (Wildman–Crippen MR) is 139 cm³/mol. The average Bonchev–Trinajstić information content (AvgIpc) is 3.53. The molecule has 2 saturated heterocycles. The summed E-state index contributed by atoms with van der Waals surface area (Å²) in [6, 6.07) is 11.8. The summed E-state index contributed by atoms with van der Waals surface area (Å²) >= 11 is 7.74. The Morgan fingerprint density at radius 3 is 2.66 bits per heavy atom. The van der Waals surface area contributed by atoms with Crippen LogP contribution >= 0.6 is 22.9 Å². The molecule has 1 aromatic heterocycles. The molecule has 0 saturated carbocycles. The Bertz CT molecular complexity index is 1320. The van der Waals surface area contributed by atoms with Crippen LogP contribution < -0.4 is 4.90 Å². The average molecular weight is 534 g/mol. The zero-order chi connectivity index (χ0) is 24.6. The maximum absolute atomic E-state index is 13.7. The maximum atomic E-state index is 13.7. The first kappa shape index (κ1) is 24.6. The number of carbonyl (C=O) groups is 1. The standard InChI is InChI=1S/C25H28ClN3O4S2/c1-17-6-2-3-14-29(17)35(31,32)20-12-10-18(11-13-20)24(30)28(16-19-7-5-15-33-19)25-27-23-21(26)8-4-9-22(23)34-25/h4,8-13,17,19H,2-3,5-7,14-16H2,1H3. The topological polar surface area (TPSA) is 79.8 Å². The third-order valence-corrected chi connectivity index (χ3v) is 10.1. The van der Waals surface area contributed by atoms with E-state index in [1.54, 1.807) is 27.4 Å². The number of ether oxygens (including phenoxy) is 1. The van der Waals surface area contributed by atoms with Crippen molar-refractivity contribution in [3.8, 4) is 0 Å². The highest BCUT2D eigenvalue weighted by Gasteiger charge is 2.32. The van der Waals surface area contributed by atoms with Gasteiger partial charge in [0.25, 0.3) is 5.91 Å². The number of anilines is 1. The number of aromatic nitrogens is 1. The zero-order valence-corrected chi connectivity index (χ0v) is 21.9. The lowest BCUT2D eigenvalue weighted by atomic mass is 10.1. The second kappa shape index (κ2) is 10.1. The molecule has 1 amide bonds. The lowest BCUT2D eigenvalue weighted by molar-refractivity contribution is 0.0917. The monoisotopic (exact) mass is 533 g/mol. The molecule has 3 heterocycles. The van der Waals surface area contributed by atoms with Crippen LogP contribution in [0, 0.1) is 0 Å². The van der Waals surface area contributed by atoms with Gasteiger partial charge in [-0.3, -0.25) is 9.69 Å². The van der Waals surface area contributed by atoms with E-state index >= 15 is 0 Å². The maximum Gasteiger partial charge on any atom is 0.260 e. The molecular weight excluding hydrogens is 506 g/mol. The van der Waals surface area contributed by atoms with Crippen molar-refractivity contribution in [2.45, 2.75) is 56.1 Å². The van der Waals surface area contributed by atoms with Gasteiger partial charge in [0.2, 0.25) is 10.0 Å². The molecule has 10 heteroatoms. The summed E-state index contributed by atoms with van der Waals surface area (Å²) in [5, 5.41) is 1.09. The number of hydrogen-bond acceptors (Lipinski definition) is 6. The van der Waals surface area contributed by atoms with Gasteiger partial charge in [-0.15, -0.1) is 0 Å². The van der Waals surface area contributed by atoms with Crippen LogP contribution in [0.15, 0.2) is 47.4 Å². The van der Waals surface area contributed by atoms with Crippen LogP contribution in [0.5, 0.6) is 0 Å². The highest BCUT2D eigenvalue weighted by Crippen LogP contribution is 2.34. The van der Waals surface area contributed by atoms with Crippen LogP contribution in [-0.4, -0.2) is 55.5 Å². The lowest BCUT2D eigenvalue weighted by Crippen LogP contribution is -2.42. The number of benzene rings is 2. The third-order valence-electron chi connectivity index (χ3n) is 6.69. The van der Waals surface area contributed by atoms with Crippen LogP contribution in [0.25, 0.3) is 10.2 Å². The van der Waals surface area contributed by atoms with Gasteiger partial charge in [0.15, 0.2) is 5.13 Å². The fraction of sp³-hybridized carbons (Fsp3) is 0.440. The van der Waals surface area contributed by atoms with E-state index in [4.69, 9.17) is 16.3 Å². The summed E-state index contributed by atoms with van der Waals surface area (Å²) in [6.45, 7) is 3.53. The molecule has 0 aliphatic carbocycles. The molecule has 0 N–H and O–H groups in total. The van der Waals surface area contributed by atoms with E-state index in [0.717, 1.165) is 36.8 Å². The molecule has 0 bridgehead atoms. The Hall–Kier alpha value is -2.04. The van der Waals surface area contributed by atoms with Crippen molar-refractivity contribution >= 4 is 54.2 Å². The largest absolute Gasteiger partial charge is 0.376 e. The number of nitrogens with zero attached hydrogens (tertiary/aromatic N) is 3. The molecule has 2 aliphatic rings. The molecular formula is C25H28ClN3O4S2. The number of para-hydroxylation sites is 1. The summed E-state index contributed by atoms with van der Waals surface area (Å²) in [7, 11) is -3.60. The van der Waals surface area contributed by atoms with Gasteiger partial charge in [-0.1, -0.05) is 35.4 Å². The van der Waals surface area contributed by atoms with E-state index in [1.807, 2.05) is 19.1 Å². The smallest absolute Gasteiger partial charge is 0.260 e. The summed E-state index contributed by atoms with van der Waals surface area (Å²) in [5.74, 6) is -0.244. The molecule has 7 nitrogen and oxygen atoms in total. The van der Waals surface area contributed by atoms with E-state index in [0.29, 0.717) is 40.9 Å². The van der Waals surface area contributed by atoms with Crippen LogP contribution in [-0.2, 0) is 14.8 Å². The van der Waals surface area contributed by atoms with E-state index in [2.05, 4.69) is 4.98 Å². The minimum atomic E-state index is -3.60. The molecule has 2 aromatic carbocycles. The first-order valence-electron chi connectivity index (χ1n) is 11.9. The van der Waals surface area contributed by atoms with E-state index in [1.165, 1.54) is 23.5 Å². The predicted octanol–water partition coefficient (Wildman–Crippen LogP) is 5.34. The number of carbonyl (C=O) groups excluding carboxylic acids is 1. The number of rotatable bonds is 6. The van der Waals surface area contributed by atoms with Crippen LogP contribution in [0.4, 0.5) is 5.13 Å². The second-order valence-electron chi connectivity index (χ2n) is 9.12. The van der Waals surface area contributed by atoms with Gasteiger partial charge in [0, 0.05) is 24.8 Å². The number of hydrogen-bond donors (Lipinski definition) is 0. The number of sulfonamides is 1. The molecule has 3 aromatic rings. The number of amides is 1. The van der Waals surface area contributed by atoms with Crippen molar-refractivity contribution in [3.05, 3.63) is 53.1 Å². The van der Waals surface area contributed by atoms with Gasteiger partial charge in [0.05, 0.1) is 27.3 Å². The lowest BCUT2D eigenvalue weighted by Gasteiger charge is -2.32.